The van der Waals surface area contributed by atoms with Crippen molar-refractivity contribution in [3.05, 3.63) is 16.3 Å². The molecule has 2 aliphatic rings. The van der Waals surface area contributed by atoms with Crippen LogP contribution >= 0.6 is 11.3 Å². The molecule has 0 aromatic carbocycles. The van der Waals surface area contributed by atoms with Crippen LogP contribution in [0.25, 0.3) is 0 Å². The topological polar surface area (TPSA) is 49.8 Å². The van der Waals surface area contributed by atoms with E-state index < -0.39 is 5.97 Å². The van der Waals surface area contributed by atoms with Crippen molar-refractivity contribution in [3.8, 4) is 5.75 Å². The number of nitrogens with zero attached hydrogens (tertiary/aromatic N) is 1. The normalized spacial score (nSPS) is 22.3. The molecule has 19 heavy (non-hydrogen) atoms. The van der Waals surface area contributed by atoms with E-state index in [1.807, 2.05) is 0 Å². The number of aromatic carboxylic acids is 1. The molecule has 0 amide bonds. The van der Waals surface area contributed by atoms with Crippen molar-refractivity contribution < 1.29 is 14.6 Å². The van der Waals surface area contributed by atoms with Crippen LogP contribution in [0.3, 0.4) is 0 Å². The first-order chi connectivity index (χ1) is 8.99. The molecular formula is C14H19NO3S. The van der Waals surface area contributed by atoms with Crippen molar-refractivity contribution in [1.82, 2.24) is 4.90 Å². The molecule has 104 valence electrons. The summed E-state index contributed by atoms with van der Waals surface area (Å²) in [5, 5.41) is 10.8. The number of hydrogen-bond acceptors (Lipinski definition) is 4. The maximum absolute atomic E-state index is 11.0. The van der Waals surface area contributed by atoms with Gasteiger partial charge in [0.15, 0.2) is 4.88 Å². The van der Waals surface area contributed by atoms with Crippen molar-refractivity contribution in [2.45, 2.75) is 38.8 Å². The van der Waals surface area contributed by atoms with Gasteiger partial charge in [0.2, 0.25) is 0 Å². The average molecular weight is 281 g/mol. The third kappa shape index (κ3) is 2.25. The number of ether oxygens (including phenoxy) is 1. The molecule has 1 aliphatic heterocycles. The Morgan fingerprint density at radius 2 is 2.21 bits per heavy atom. The Labute approximate surface area is 117 Å². The summed E-state index contributed by atoms with van der Waals surface area (Å²) in [5.74, 6) is -0.356. The van der Waals surface area contributed by atoms with Crippen LogP contribution in [0.5, 0.6) is 5.75 Å². The number of hydrogen-bond donors (Lipinski definition) is 1. The number of carbonyl (C=O) groups is 1. The standard InChI is InChI=1S/C14H19NO3S/c1-9(2)15-7-14(8-15)5-10(6-14)18-11-3-4-19-12(11)13(16)17/h3-4,9-10H,5-8H2,1-2H3,(H,16,17). The molecule has 1 spiro atoms. The summed E-state index contributed by atoms with van der Waals surface area (Å²) in [6.45, 7) is 6.79. The minimum absolute atomic E-state index is 0.196. The summed E-state index contributed by atoms with van der Waals surface area (Å²) in [5.41, 5.74) is 0.453. The lowest BCUT2D eigenvalue weighted by atomic mass is 9.61. The van der Waals surface area contributed by atoms with Gasteiger partial charge in [0.1, 0.15) is 11.9 Å². The SMILES string of the molecule is CC(C)N1CC2(CC(Oc3ccsc3C(=O)O)C2)C1. The summed E-state index contributed by atoms with van der Waals surface area (Å²) in [6, 6.07) is 2.39. The molecule has 1 N–H and O–H groups in total. The highest BCUT2D eigenvalue weighted by molar-refractivity contribution is 7.12. The number of likely N-dealkylation sites (tertiary alicyclic amines) is 1. The Bertz CT molecular complexity index is 483. The molecule has 4 nitrogen and oxygen atoms in total. The van der Waals surface area contributed by atoms with E-state index >= 15 is 0 Å². The van der Waals surface area contributed by atoms with Gasteiger partial charge in [0.05, 0.1) is 0 Å². The van der Waals surface area contributed by atoms with E-state index in [0.29, 0.717) is 22.1 Å². The number of rotatable bonds is 4. The molecule has 1 saturated heterocycles. The fourth-order valence-corrected chi connectivity index (χ4v) is 3.81. The third-order valence-electron chi connectivity index (χ3n) is 4.25. The van der Waals surface area contributed by atoms with Gasteiger partial charge in [0.25, 0.3) is 0 Å². The van der Waals surface area contributed by atoms with Gasteiger partial charge >= 0.3 is 5.97 Å². The Morgan fingerprint density at radius 3 is 2.79 bits per heavy atom. The van der Waals surface area contributed by atoms with Gasteiger partial charge in [-0.15, -0.1) is 11.3 Å². The summed E-state index contributed by atoms with van der Waals surface area (Å²) < 4.78 is 5.82. The highest BCUT2D eigenvalue weighted by Crippen LogP contribution is 2.50. The zero-order chi connectivity index (χ0) is 13.6. The Morgan fingerprint density at radius 1 is 1.53 bits per heavy atom. The highest BCUT2D eigenvalue weighted by Gasteiger charge is 2.53. The smallest absolute Gasteiger partial charge is 0.349 e. The van der Waals surface area contributed by atoms with Crippen molar-refractivity contribution in [2.24, 2.45) is 5.41 Å². The largest absolute Gasteiger partial charge is 0.489 e. The molecule has 1 saturated carbocycles. The fourth-order valence-electron chi connectivity index (χ4n) is 3.15. The molecule has 2 heterocycles. The second-order valence-corrected chi connectivity index (χ2v) is 6.98. The zero-order valence-electron chi connectivity index (χ0n) is 11.3. The summed E-state index contributed by atoms with van der Waals surface area (Å²) >= 11 is 1.23. The van der Waals surface area contributed by atoms with Crippen LogP contribution in [0, 0.1) is 5.41 Å². The average Bonchev–Trinajstić information content (AvgIpc) is 2.66. The summed E-state index contributed by atoms with van der Waals surface area (Å²) in [4.78, 5) is 13.8. The van der Waals surface area contributed by atoms with Gasteiger partial charge in [-0.1, -0.05) is 0 Å². The van der Waals surface area contributed by atoms with Crippen molar-refractivity contribution in [2.75, 3.05) is 13.1 Å². The quantitative estimate of drug-likeness (QED) is 0.922. The van der Waals surface area contributed by atoms with Crippen molar-refractivity contribution in [3.63, 3.8) is 0 Å². The van der Waals surface area contributed by atoms with E-state index in [-0.39, 0.29) is 6.10 Å². The lowest BCUT2D eigenvalue weighted by Crippen LogP contribution is -2.66. The zero-order valence-corrected chi connectivity index (χ0v) is 12.1. The van der Waals surface area contributed by atoms with Gasteiger partial charge < -0.3 is 9.84 Å². The molecule has 0 atom stereocenters. The predicted molar refractivity (Wildman–Crippen MR) is 74.1 cm³/mol. The second-order valence-electron chi connectivity index (χ2n) is 6.07. The van der Waals surface area contributed by atoms with Crippen LogP contribution in [0.15, 0.2) is 11.4 Å². The maximum atomic E-state index is 11.0. The Hall–Kier alpha value is -1.07. The molecule has 0 radical (unpaired) electrons. The number of thiophene rings is 1. The van der Waals surface area contributed by atoms with Crippen LogP contribution in [-0.4, -0.2) is 41.2 Å². The third-order valence-corrected chi connectivity index (χ3v) is 5.13. The van der Waals surface area contributed by atoms with Gasteiger partial charge in [-0.05, 0) is 38.1 Å². The molecule has 1 aromatic heterocycles. The number of carboxylic acid groups (broad SMARTS) is 1. The highest BCUT2D eigenvalue weighted by atomic mass is 32.1. The lowest BCUT2D eigenvalue weighted by molar-refractivity contribution is -0.129. The van der Waals surface area contributed by atoms with Crippen LogP contribution in [0.1, 0.15) is 36.4 Å². The summed E-state index contributed by atoms with van der Waals surface area (Å²) in [6.07, 6.45) is 2.32. The molecule has 0 bridgehead atoms. The van der Waals surface area contributed by atoms with Gasteiger partial charge in [0, 0.05) is 24.5 Å². The number of carboxylic acids is 1. The summed E-state index contributed by atoms with van der Waals surface area (Å²) in [7, 11) is 0. The predicted octanol–water partition coefficient (Wildman–Crippen LogP) is 2.70. The molecule has 2 fully saturated rings. The first kappa shape index (κ1) is 12.9. The van der Waals surface area contributed by atoms with Crippen LogP contribution < -0.4 is 4.74 Å². The van der Waals surface area contributed by atoms with Crippen LogP contribution in [0.2, 0.25) is 0 Å². The maximum Gasteiger partial charge on any atom is 0.349 e. The van der Waals surface area contributed by atoms with Gasteiger partial charge in [-0.25, -0.2) is 4.79 Å². The van der Waals surface area contributed by atoms with E-state index in [2.05, 4.69) is 18.7 Å². The van der Waals surface area contributed by atoms with E-state index in [1.54, 1.807) is 11.4 Å². The van der Waals surface area contributed by atoms with Crippen molar-refractivity contribution in [1.29, 1.82) is 0 Å². The molecule has 1 aliphatic carbocycles. The first-order valence-corrected chi connectivity index (χ1v) is 7.59. The Kier molecular flexibility index (Phi) is 3.06. The van der Waals surface area contributed by atoms with Crippen LogP contribution in [-0.2, 0) is 0 Å². The molecular weight excluding hydrogens is 262 g/mol. The molecule has 0 unspecified atom stereocenters. The second kappa shape index (κ2) is 4.49. The minimum atomic E-state index is -0.895. The molecule has 5 heteroatoms. The van der Waals surface area contributed by atoms with E-state index in [9.17, 15) is 4.79 Å². The van der Waals surface area contributed by atoms with Gasteiger partial charge in [-0.3, -0.25) is 4.90 Å². The van der Waals surface area contributed by atoms with E-state index in [4.69, 9.17) is 9.84 Å². The van der Waals surface area contributed by atoms with Gasteiger partial charge in [-0.2, -0.15) is 0 Å². The van der Waals surface area contributed by atoms with Crippen molar-refractivity contribution >= 4 is 17.3 Å². The molecule has 3 rings (SSSR count). The Balaban J connectivity index is 1.52. The first-order valence-electron chi connectivity index (χ1n) is 6.71. The van der Waals surface area contributed by atoms with E-state index in [1.165, 1.54) is 24.4 Å². The van der Waals surface area contributed by atoms with E-state index in [0.717, 1.165) is 12.8 Å². The lowest BCUT2D eigenvalue weighted by Gasteiger charge is -2.59. The fraction of sp³-hybridized carbons (Fsp3) is 0.643. The minimum Gasteiger partial charge on any atom is -0.489 e. The molecule has 1 aromatic rings. The van der Waals surface area contributed by atoms with Crippen LogP contribution in [0.4, 0.5) is 0 Å². The monoisotopic (exact) mass is 281 g/mol.